The Kier molecular flexibility index (Phi) is 7.96. The molecule has 0 aliphatic carbocycles. The second-order valence-corrected chi connectivity index (χ2v) is 11.0. The lowest BCUT2D eigenvalue weighted by molar-refractivity contribution is -0.117. The van der Waals surface area contributed by atoms with Crippen molar-refractivity contribution in [2.75, 3.05) is 51.3 Å². The molecule has 0 spiro atoms. The van der Waals surface area contributed by atoms with Crippen molar-refractivity contribution in [2.24, 2.45) is 11.8 Å². The van der Waals surface area contributed by atoms with Gasteiger partial charge in [-0.2, -0.15) is 4.31 Å². The molecule has 3 rings (SSSR count). The molecule has 2 atom stereocenters. The quantitative estimate of drug-likeness (QED) is 0.682. The van der Waals surface area contributed by atoms with Crippen LogP contribution in [0.3, 0.4) is 0 Å². The minimum Gasteiger partial charge on any atom is -0.489 e. The van der Waals surface area contributed by atoms with Gasteiger partial charge >= 0.3 is 0 Å². The number of morpholine rings is 1. The van der Waals surface area contributed by atoms with E-state index >= 15 is 0 Å². The normalized spacial score (nSPS) is 23.6. The van der Waals surface area contributed by atoms with Crippen LogP contribution in [-0.2, 0) is 19.6 Å². The Morgan fingerprint density at radius 3 is 2.45 bits per heavy atom. The van der Waals surface area contributed by atoms with Gasteiger partial charge in [0.2, 0.25) is 15.9 Å². The van der Waals surface area contributed by atoms with E-state index in [4.69, 9.17) is 9.47 Å². The highest BCUT2D eigenvalue weighted by atomic mass is 32.2. The van der Waals surface area contributed by atoms with Crippen LogP contribution >= 0.6 is 0 Å². The molecule has 2 saturated heterocycles. The van der Waals surface area contributed by atoms with E-state index < -0.39 is 10.0 Å². The fraction of sp³-hybridized carbons (Fsp3) is 0.682. The van der Waals surface area contributed by atoms with E-state index in [1.165, 1.54) is 22.9 Å². The average molecular weight is 454 g/mol. The molecule has 1 N–H and O–H groups in total. The molecule has 8 nitrogen and oxygen atoms in total. The number of nitrogens with one attached hydrogen (secondary N) is 1. The molecular weight excluding hydrogens is 418 g/mol. The van der Waals surface area contributed by atoms with Crippen molar-refractivity contribution in [1.29, 1.82) is 0 Å². The molecule has 9 heteroatoms. The summed E-state index contributed by atoms with van der Waals surface area (Å²) in [5.41, 5.74) is 0.381. The van der Waals surface area contributed by atoms with Crippen LogP contribution in [0.2, 0.25) is 0 Å². The number of anilines is 1. The third-order valence-corrected chi connectivity index (χ3v) is 7.40. The Hall–Kier alpha value is -1.68. The Labute approximate surface area is 185 Å². The van der Waals surface area contributed by atoms with E-state index in [1.54, 1.807) is 6.07 Å². The van der Waals surface area contributed by atoms with Crippen molar-refractivity contribution < 1.29 is 22.7 Å². The van der Waals surface area contributed by atoms with E-state index in [0.717, 1.165) is 13.1 Å². The van der Waals surface area contributed by atoms with Gasteiger partial charge in [-0.25, -0.2) is 8.42 Å². The number of amides is 1. The number of carbonyl (C=O) groups is 1. The van der Waals surface area contributed by atoms with E-state index in [-0.39, 0.29) is 23.5 Å². The Bertz CT molecular complexity index is 858. The van der Waals surface area contributed by atoms with Crippen LogP contribution in [0, 0.1) is 11.8 Å². The number of nitrogens with zero attached hydrogens (tertiary/aromatic N) is 2. The lowest BCUT2D eigenvalue weighted by atomic mass is 9.92. The molecular formula is C22H35N3O5S. The number of benzene rings is 1. The maximum absolute atomic E-state index is 13.1. The number of carbonyl (C=O) groups excluding carboxylic acids is 1. The molecule has 2 unspecified atom stereocenters. The first-order valence-corrected chi connectivity index (χ1v) is 12.5. The lowest BCUT2D eigenvalue weighted by Crippen LogP contribution is -2.43. The van der Waals surface area contributed by atoms with Crippen LogP contribution in [0.25, 0.3) is 0 Å². The summed E-state index contributed by atoms with van der Waals surface area (Å²) in [7, 11) is -3.67. The first-order valence-electron chi connectivity index (χ1n) is 11.1. The highest BCUT2D eigenvalue weighted by molar-refractivity contribution is 7.89. The molecule has 31 heavy (non-hydrogen) atoms. The molecule has 2 aliphatic heterocycles. The predicted octanol–water partition coefficient (Wildman–Crippen LogP) is 2.41. The number of ether oxygens (including phenoxy) is 2. The van der Waals surface area contributed by atoms with Gasteiger partial charge in [0.05, 0.1) is 36.4 Å². The number of likely N-dealkylation sites (tertiary alicyclic amines) is 1. The summed E-state index contributed by atoms with van der Waals surface area (Å²) in [6.07, 6.45) is 1.06. The summed E-state index contributed by atoms with van der Waals surface area (Å²) in [5.74, 6) is 1.40. The Balaban J connectivity index is 1.79. The zero-order chi connectivity index (χ0) is 22.6. The minimum atomic E-state index is -3.67. The molecule has 0 radical (unpaired) electrons. The van der Waals surface area contributed by atoms with E-state index in [0.29, 0.717) is 49.6 Å². The summed E-state index contributed by atoms with van der Waals surface area (Å²) >= 11 is 0. The number of hydrogen-bond acceptors (Lipinski definition) is 6. The molecule has 0 aromatic heterocycles. The molecule has 2 fully saturated rings. The van der Waals surface area contributed by atoms with Crippen LogP contribution in [0.1, 0.15) is 34.1 Å². The van der Waals surface area contributed by atoms with Crippen LogP contribution in [-0.4, -0.2) is 75.6 Å². The maximum Gasteiger partial charge on any atom is 0.243 e. The standard InChI is InChI=1S/C22H35N3O5S/c1-16(2)30-21-6-5-19(31(27,28)25-7-9-29-10-8-25)12-20(21)23-22(26)15-24-13-17(3)11-18(4)14-24/h5-6,12,16-18H,7-11,13-15H2,1-4H3,(H,23,26). The third-order valence-electron chi connectivity index (χ3n) is 5.51. The molecule has 1 amide bonds. The molecule has 0 saturated carbocycles. The minimum absolute atomic E-state index is 0.110. The van der Waals surface area contributed by atoms with Crippen LogP contribution in [0.4, 0.5) is 5.69 Å². The van der Waals surface area contributed by atoms with Gasteiger partial charge in [-0.05, 0) is 50.3 Å². The van der Waals surface area contributed by atoms with E-state index in [9.17, 15) is 13.2 Å². The van der Waals surface area contributed by atoms with Crippen molar-refractivity contribution in [3.63, 3.8) is 0 Å². The first-order chi connectivity index (χ1) is 14.6. The smallest absolute Gasteiger partial charge is 0.243 e. The highest BCUT2D eigenvalue weighted by Crippen LogP contribution is 2.30. The number of rotatable bonds is 7. The van der Waals surface area contributed by atoms with Gasteiger partial charge in [0.15, 0.2) is 0 Å². The van der Waals surface area contributed by atoms with Gasteiger partial charge in [-0.3, -0.25) is 9.69 Å². The summed E-state index contributed by atoms with van der Waals surface area (Å²) in [5, 5.41) is 2.90. The highest BCUT2D eigenvalue weighted by Gasteiger charge is 2.28. The van der Waals surface area contributed by atoms with Crippen LogP contribution in [0.15, 0.2) is 23.1 Å². The van der Waals surface area contributed by atoms with Gasteiger partial charge in [0.1, 0.15) is 5.75 Å². The number of piperidine rings is 1. The van der Waals surface area contributed by atoms with Crippen molar-refractivity contribution in [3.8, 4) is 5.75 Å². The first kappa shape index (κ1) is 24.0. The average Bonchev–Trinajstić information content (AvgIpc) is 2.68. The molecule has 2 aliphatic rings. The summed E-state index contributed by atoms with van der Waals surface area (Å²) in [4.78, 5) is 15.1. The number of hydrogen-bond donors (Lipinski definition) is 1. The SMILES string of the molecule is CC1CC(C)CN(CC(=O)Nc2cc(S(=O)(=O)N3CCOCC3)ccc2OC(C)C)C1. The van der Waals surface area contributed by atoms with Crippen molar-refractivity contribution >= 4 is 21.6 Å². The maximum atomic E-state index is 13.1. The van der Waals surface area contributed by atoms with Crippen molar-refractivity contribution in [2.45, 2.75) is 45.1 Å². The van der Waals surface area contributed by atoms with Gasteiger partial charge in [-0.15, -0.1) is 0 Å². The number of sulfonamides is 1. The molecule has 0 bridgehead atoms. The predicted molar refractivity (Wildman–Crippen MR) is 120 cm³/mol. The fourth-order valence-corrected chi connectivity index (χ4v) is 5.81. The molecule has 174 valence electrons. The summed E-state index contributed by atoms with van der Waals surface area (Å²) in [6, 6.07) is 4.65. The Morgan fingerprint density at radius 2 is 1.84 bits per heavy atom. The zero-order valence-electron chi connectivity index (χ0n) is 19.0. The zero-order valence-corrected chi connectivity index (χ0v) is 19.8. The second kappa shape index (κ2) is 10.3. The van der Waals surface area contributed by atoms with Gasteiger partial charge in [0.25, 0.3) is 0 Å². The molecule has 1 aromatic carbocycles. The largest absolute Gasteiger partial charge is 0.489 e. The van der Waals surface area contributed by atoms with Crippen molar-refractivity contribution in [1.82, 2.24) is 9.21 Å². The van der Waals surface area contributed by atoms with E-state index in [2.05, 4.69) is 24.1 Å². The Morgan fingerprint density at radius 1 is 1.19 bits per heavy atom. The van der Waals surface area contributed by atoms with Crippen LogP contribution in [0.5, 0.6) is 5.75 Å². The third kappa shape index (κ3) is 6.41. The molecule has 2 heterocycles. The summed E-state index contributed by atoms with van der Waals surface area (Å²) < 4.78 is 38.6. The lowest BCUT2D eigenvalue weighted by Gasteiger charge is -2.34. The fourth-order valence-electron chi connectivity index (χ4n) is 4.37. The monoisotopic (exact) mass is 453 g/mol. The second-order valence-electron chi connectivity index (χ2n) is 9.03. The van der Waals surface area contributed by atoms with Crippen LogP contribution < -0.4 is 10.1 Å². The van der Waals surface area contributed by atoms with Gasteiger partial charge in [0, 0.05) is 26.2 Å². The summed E-state index contributed by atoms with van der Waals surface area (Å²) in [6.45, 7) is 11.6. The van der Waals surface area contributed by atoms with E-state index in [1.807, 2.05) is 13.8 Å². The topological polar surface area (TPSA) is 88.2 Å². The molecule has 1 aromatic rings. The van der Waals surface area contributed by atoms with Gasteiger partial charge < -0.3 is 14.8 Å². The van der Waals surface area contributed by atoms with Gasteiger partial charge in [-0.1, -0.05) is 13.8 Å². The van der Waals surface area contributed by atoms with Crippen molar-refractivity contribution in [3.05, 3.63) is 18.2 Å².